The number of anilines is 1. The lowest BCUT2D eigenvalue weighted by Gasteiger charge is -2.22. The predicted octanol–water partition coefficient (Wildman–Crippen LogP) is 3.42. The number of carboxylic acids is 1. The zero-order chi connectivity index (χ0) is 14.7. The minimum absolute atomic E-state index is 0.0400. The molecule has 0 aromatic heterocycles. The number of rotatable bonds is 5. The average Bonchev–Trinajstić information content (AvgIpc) is 3.17. The van der Waals surface area contributed by atoms with E-state index >= 15 is 0 Å². The van der Waals surface area contributed by atoms with Crippen molar-refractivity contribution in [2.24, 2.45) is 0 Å². The third kappa shape index (κ3) is 4.24. The van der Waals surface area contributed by atoms with E-state index in [0.29, 0.717) is 10.7 Å². The molecule has 1 aliphatic rings. The van der Waals surface area contributed by atoms with Gasteiger partial charge in [0.2, 0.25) is 0 Å². The van der Waals surface area contributed by atoms with E-state index in [2.05, 4.69) is 27.9 Å². The number of hydrogen-bond acceptors (Lipinski definition) is 2. The SMILES string of the molecule is O=C(O)CCN(C(=O)Nc1ccc(Cl)cc1I)C1CC1. The second kappa shape index (κ2) is 6.62. The van der Waals surface area contributed by atoms with Gasteiger partial charge in [0.1, 0.15) is 0 Å². The van der Waals surface area contributed by atoms with Gasteiger partial charge in [-0.15, -0.1) is 0 Å². The van der Waals surface area contributed by atoms with Gasteiger partial charge in [-0.25, -0.2) is 4.79 Å². The van der Waals surface area contributed by atoms with Crippen LogP contribution >= 0.6 is 34.2 Å². The molecule has 0 saturated heterocycles. The summed E-state index contributed by atoms with van der Waals surface area (Å²) in [5, 5.41) is 12.2. The third-order valence-electron chi connectivity index (χ3n) is 2.99. The number of urea groups is 1. The maximum atomic E-state index is 12.2. The summed E-state index contributed by atoms with van der Waals surface area (Å²) in [5.74, 6) is -0.899. The lowest BCUT2D eigenvalue weighted by Crippen LogP contribution is -2.38. The summed E-state index contributed by atoms with van der Waals surface area (Å²) in [6.07, 6.45) is 1.83. The van der Waals surface area contributed by atoms with Crippen molar-refractivity contribution in [3.05, 3.63) is 26.8 Å². The molecule has 2 N–H and O–H groups in total. The van der Waals surface area contributed by atoms with Crippen molar-refractivity contribution < 1.29 is 14.7 Å². The van der Waals surface area contributed by atoms with Gasteiger partial charge >= 0.3 is 12.0 Å². The predicted molar refractivity (Wildman–Crippen MR) is 85.2 cm³/mol. The Hall–Kier alpha value is -1.02. The van der Waals surface area contributed by atoms with Gasteiger partial charge < -0.3 is 15.3 Å². The summed E-state index contributed by atoms with van der Waals surface area (Å²) in [4.78, 5) is 24.5. The van der Waals surface area contributed by atoms with Gasteiger partial charge in [-0.05, 0) is 53.6 Å². The van der Waals surface area contributed by atoms with E-state index in [0.717, 1.165) is 16.4 Å². The van der Waals surface area contributed by atoms with Gasteiger partial charge in [-0.2, -0.15) is 0 Å². The van der Waals surface area contributed by atoms with Gasteiger partial charge in [0.25, 0.3) is 0 Å². The Kier molecular flexibility index (Phi) is 5.09. The molecule has 0 spiro atoms. The molecule has 0 unspecified atom stereocenters. The molecular formula is C13H14ClIN2O3. The molecular weight excluding hydrogens is 395 g/mol. The summed E-state index contributed by atoms with van der Waals surface area (Å²) in [6, 6.07) is 5.12. The third-order valence-corrected chi connectivity index (χ3v) is 4.12. The number of benzene rings is 1. The molecule has 2 amide bonds. The molecule has 108 valence electrons. The molecule has 1 aromatic carbocycles. The summed E-state index contributed by atoms with van der Waals surface area (Å²) in [6.45, 7) is 0.232. The number of carboxylic acid groups (broad SMARTS) is 1. The van der Waals surface area contributed by atoms with Crippen LogP contribution in [0.15, 0.2) is 18.2 Å². The van der Waals surface area contributed by atoms with Gasteiger partial charge in [0, 0.05) is 21.2 Å². The largest absolute Gasteiger partial charge is 0.481 e. The van der Waals surface area contributed by atoms with Crippen molar-refractivity contribution in [3.8, 4) is 0 Å². The van der Waals surface area contributed by atoms with Crippen LogP contribution in [0.25, 0.3) is 0 Å². The molecule has 0 atom stereocenters. The smallest absolute Gasteiger partial charge is 0.322 e. The highest BCUT2D eigenvalue weighted by molar-refractivity contribution is 14.1. The van der Waals surface area contributed by atoms with E-state index in [1.807, 2.05) is 0 Å². The average molecular weight is 409 g/mol. The van der Waals surface area contributed by atoms with Crippen LogP contribution in [-0.4, -0.2) is 34.6 Å². The maximum Gasteiger partial charge on any atom is 0.322 e. The molecule has 0 aliphatic heterocycles. The molecule has 1 saturated carbocycles. The number of carbonyl (C=O) groups is 2. The van der Waals surface area contributed by atoms with Crippen LogP contribution < -0.4 is 5.32 Å². The monoisotopic (exact) mass is 408 g/mol. The molecule has 7 heteroatoms. The minimum atomic E-state index is -0.899. The van der Waals surface area contributed by atoms with Crippen molar-refractivity contribution in [1.82, 2.24) is 4.90 Å². The molecule has 20 heavy (non-hydrogen) atoms. The summed E-state index contributed by atoms with van der Waals surface area (Å²) in [7, 11) is 0. The first kappa shape index (κ1) is 15.4. The minimum Gasteiger partial charge on any atom is -0.481 e. The maximum absolute atomic E-state index is 12.2. The quantitative estimate of drug-likeness (QED) is 0.734. The van der Waals surface area contributed by atoms with E-state index in [4.69, 9.17) is 16.7 Å². The Bertz CT molecular complexity index is 534. The van der Waals surface area contributed by atoms with E-state index in [9.17, 15) is 9.59 Å². The molecule has 2 rings (SSSR count). The van der Waals surface area contributed by atoms with Crippen LogP contribution in [0, 0.1) is 3.57 Å². The van der Waals surface area contributed by atoms with E-state index in [1.165, 1.54) is 0 Å². The highest BCUT2D eigenvalue weighted by Crippen LogP contribution is 2.28. The van der Waals surface area contributed by atoms with Crippen LogP contribution in [0.4, 0.5) is 10.5 Å². The van der Waals surface area contributed by atoms with Crippen molar-refractivity contribution >= 4 is 51.9 Å². The van der Waals surface area contributed by atoms with Gasteiger partial charge in [-0.3, -0.25) is 4.79 Å². The van der Waals surface area contributed by atoms with Crippen molar-refractivity contribution in [2.45, 2.75) is 25.3 Å². The van der Waals surface area contributed by atoms with Gasteiger partial charge in [-0.1, -0.05) is 11.6 Å². The van der Waals surface area contributed by atoms with Crippen LogP contribution in [0.5, 0.6) is 0 Å². The first-order chi connectivity index (χ1) is 9.47. The Labute approximate surface area is 135 Å². The molecule has 0 radical (unpaired) electrons. The first-order valence-electron chi connectivity index (χ1n) is 6.22. The van der Waals surface area contributed by atoms with Crippen LogP contribution in [0.1, 0.15) is 19.3 Å². The fourth-order valence-corrected chi connectivity index (χ4v) is 2.84. The number of amides is 2. The fourth-order valence-electron chi connectivity index (χ4n) is 1.83. The fraction of sp³-hybridized carbons (Fsp3) is 0.385. The Morgan fingerprint density at radius 3 is 2.70 bits per heavy atom. The van der Waals surface area contributed by atoms with Crippen molar-refractivity contribution in [3.63, 3.8) is 0 Å². The lowest BCUT2D eigenvalue weighted by atomic mass is 10.3. The molecule has 0 heterocycles. The number of nitrogens with one attached hydrogen (secondary N) is 1. The highest BCUT2D eigenvalue weighted by atomic mass is 127. The van der Waals surface area contributed by atoms with E-state index < -0.39 is 5.97 Å². The lowest BCUT2D eigenvalue weighted by molar-refractivity contribution is -0.137. The molecule has 1 aromatic rings. The highest BCUT2D eigenvalue weighted by Gasteiger charge is 2.32. The second-order valence-electron chi connectivity index (χ2n) is 4.62. The normalized spacial score (nSPS) is 13.9. The number of halogens is 2. The number of aliphatic carboxylic acids is 1. The van der Waals surface area contributed by atoms with E-state index in [-0.39, 0.29) is 25.0 Å². The van der Waals surface area contributed by atoms with Gasteiger partial charge in [0.15, 0.2) is 0 Å². The van der Waals surface area contributed by atoms with Crippen LogP contribution in [0.3, 0.4) is 0 Å². The van der Waals surface area contributed by atoms with E-state index in [1.54, 1.807) is 23.1 Å². The first-order valence-corrected chi connectivity index (χ1v) is 7.67. The summed E-state index contributed by atoms with van der Waals surface area (Å²) in [5.41, 5.74) is 0.681. The number of nitrogens with zero attached hydrogens (tertiary/aromatic N) is 1. The Morgan fingerprint density at radius 1 is 1.45 bits per heavy atom. The molecule has 5 nitrogen and oxygen atoms in total. The van der Waals surface area contributed by atoms with Crippen molar-refractivity contribution in [1.29, 1.82) is 0 Å². The zero-order valence-corrected chi connectivity index (χ0v) is 13.5. The number of carbonyl (C=O) groups excluding carboxylic acids is 1. The molecule has 0 bridgehead atoms. The summed E-state index contributed by atoms with van der Waals surface area (Å²) < 4.78 is 0.845. The van der Waals surface area contributed by atoms with Crippen LogP contribution in [-0.2, 0) is 4.79 Å². The van der Waals surface area contributed by atoms with Crippen LogP contribution in [0.2, 0.25) is 5.02 Å². The Balaban J connectivity index is 2.02. The van der Waals surface area contributed by atoms with Gasteiger partial charge in [0.05, 0.1) is 12.1 Å². The topological polar surface area (TPSA) is 69.6 Å². The summed E-state index contributed by atoms with van der Waals surface area (Å²) >= 11 is 7.96. The molecule has 1 aliphatic carbocycles. The second-order valence-corrected chi connectivity index (χ2v) is 6.22. The standard InChI is InChI=1S/C13H14ClIN2O3/c14-8-1-4-11(10(15)7-8)16-13(20)17(9-2-3-9)6-5-12(18)19/h1,4,7,9H,2-3,5-6H2,(H,16,20)(H,18,19). The Morgan fingerprint density at radius 2 is 2.15 bits per heavy atom. The zero-order valence-electron chi connectivity index (χ0n) is 10.6. The molecule has 1 fully saturated rings. The van der Waals surface area contributed by atoms with Crippen molar-refractivity contribution in [2.75, 3.05) is 11.9 Å². The number of hydrogen-bond donors (Lipinski definition) is 2.